The summed E-state index contributed by atoms with van der Waals surface area (Å²) in [6.45, 7) is 16.8. The minimum absolute atomic E-state index is 0.0875. The van der Waals surface area contributed by atoms with Crippen molar-refractivity contribution < 1.29 is 23.4 Å². The van der Waals surface area contributed by atoms with E-state index in [1.807, 2.05) is 72.8 Å². The van der Waals surface area contributed by atoms with Crippen molar-refractivity contribution in [2.45, 2.75) is 88.8 Å². The van der Waals surface area contributed by atoms with Crippen LogP contribution in [-0.4, -0.2) is 50.4 Å². The van der Waals surface area contributed by atoms with Gasteiger partial charge in [-0.3, -0.25) is 14.3 Å². The number of hydrogen-bond donors (Lipinski definition) is 1. The molecular weight excluding hydrogens is 649 g/mol. The summed E-state index contributed by atoms with van der Waals surface area (Å²) in [6, 6.07) is 25.9. The first-order valence-electron chi connectivity index (χ1n) is 17.0. The normalized spacial score (nSPS) is 18.8. The average molecular weight is 699 g/mol. The molecule has 0 radical (unpaired) electrons. The van der Waals surface area contributed by atoms with Gasteiger partial charge in [-0.05, 0) is 72.4 Å². The molecule has 2 heterocycles. The van der Waals surface area contributed by atoms with Gasteiger partial charge in [-0.2, -0.15) is 0 Å². The molecule has 3 aromatic carbocycles. The van der Waals surface area contributed by atoms with Crippen LogP contribution in [0, 0.1) is 6.92 Å². The largest absolute Gasteiger partial charge is 0.497 e. The second-order valence-electron chi connectivity index (χ2n) is 14.4. The van der Waals surface area contributed by atoms with Crippen molar-refractivity contribution >= 4 is 8.32 Å². The molecule has 9 nitrogen and oxygen atoms in total. The number of ether oxygens (including phenoxy) is 4. The van der Waals surface area contributed by atoms with Crippen LogP contribution in [0.4, 0.5) is 0 Å². The summed E-state index contributed by atoms with van der Waals surface area (Å²) in [6.07, 6.45) is 1.90. The van der Waals surface area contributed by atoms with Gasteiger partial charge in [-0.1, -0.05) is 81.4 Å². The van der Waals surface area contributed by atoms with Crippen molar-refractivity contribution in [3.05, 3.63) is 141 Å². The van der Waals surface area contributed by atoms with Crippen LogP contribution in [0.3, 0.4) is 0 Å². The molecule has 4 aromatic rings. The zero-order chi connectivity index (χ0) is 36.3. The van der Waals surface area contributed by atoms with Crippen molar-refractivity contribution in [1.82, 2.24) is 9.55 Å². The van der Waals surface area contributed by atoms with E-state index in [0.29, 0.717) is 18.4 Å². The summed E-state index contributed by atoms with van der Waals surface area (Å²) in [5, 5.41) is -0.0875. The number of benzene rings is 3. The molecule has 1 fully saturated rings. The summed E-state index contributed by atoms with van der Waals surface area (Å²) in [7, 11) is 0.937. The Morgan fingerprint density at radius 3 is 1.96 bits per heavy atom. The van der Waals surface area contributed by atoms with Crippen molar-refractivity contribution in [2.75, 3.05) is 14.2 Å². The van der Waals surface area contributed by atoms with Crippen LogP contribution >= 0.6 is 0 Å². The lowest BCUT2D eigenvalue weighted by Gasteiger charge is -2.43. The van der Waals surface area contributed by atoms with E-state index in [4.69, 9.17) is 23.4 Å². The van der Waals surface area contributed by atoms with Gasteiger partial charge in [0, 0.05) is 18.2 Å². The smallest absolute Gasteiger partial charge is 0.330 e. The zero-order valence-corrected chi connectivity index (χ0v) is 31.4. The monoisotopic (exact) mass is 698 g/mol. The molecule has 0 bridgehead atoms. The van der Waals surface area contributed by atoms with Gasteiger partial charge in [-0.15, -0.1) is 6.58 Å². The van der Waals surface area contributed by atoms with E-state index in [9.17, 15) is 9.59 Å². The minimum atomic E-state index is -2.35. The highest BCUT2D eigenvalue weighted by Crippen LogP contribution is 2.47. The van der Waals surface area contributed by atoms with E-state index in [1.54, 1.807) is 27.3 Å². The van der Waals surface area contributed by atoms with E-state index in [-0.39, 0.29) is 5.04 Å². The lowest BCUT2D eigenvalue weighted by molar-refractivity contribution is -0.141. The van der Waals surface area contributed by atoms with Crippen molar-refractivity contribution in [3.8, 4) is 11.5 Å². The molecule has 266 valence electrons. The van der Waals surface area contributed by atoms with Gasteiger partial charge >= 0.3 is 5.69 Å². The fourth-order valence-electron chi connectivity index (χ4n) is 6.30. The van der Waals surface area contributed by atoms with Crippen LogP contribution in [-0.2, 0) is 19.5 Å². The average Bonchev–Trinajstić information content (AvgIpc) is 3.51. The lowest BCUT2D eigenvalue weighted by Crippen LogP contribution is -2.50. The van der Waals surface area contributed by atoms with E-state index >= 15 is 0 Å². The van der Waals surface area contributed by atoms with Crippen LogP contribution in [0.1, 0.15) is 62.1 Å². The maximum absolute atomic E-state index is 13.1. The molecule has 0 aliphatic carbocycles. The molecule has 1 aliphatic rings. The highest BCUT2D eigenvalue weighted by Gasteiger charge is 2.50. The molecule has 4 atom stereocenters. The molecule has 50 heavy (non-hydrogen) atoms. The van der Waals surface area contributed by atoms with E-state index in [1.165, 1.54) is 4.57 Å². The highest BCUT2D eigenvalue weighted by atomic mass is 28.4. The molecule has 0 saturated carbocycles. The van der Waals surface area contributed by atoms with Crippen molar-refractivity contribution in [1.29, 1.82) is 0 Å². The highest BCUT2D eigenvalue weighted by molar-refractivity contribution is 6.74. The van der Waals surface area contributed by atoms with E-state index in [2.05, 4.69) is 57.6 Å². The Kier molecular flexibility index (Phi) is 11.1. The van der Waals surface area contributed by atoms with Gasteiger partial charge in [0.05, 0.1) is 26.4 Å². The molecule has 1 N–H and O–H groups in total. The molecule has 0 spiro atoms. The Labute approximate surface area is 296 Å². The van der Waals surface area contributed by atoms with Crippen LogP contribution in [0.5, 0.6) is 11.5 Å². The predicted molar refractivity (Wildman–Crippen MR) is 199 cm³/mol. The van der Waals surface area contributed by atoms with Crippen LogP contribution < -0.4 is 20.7 Å². The molecule has 1 aromatic heterocycles. The second-order valence-corrected chi connectivity index (χ2v) is 19.1. The number of aromatic nitrogens is 2. The van der Waals surface area contributed by atoms with Gasteiger partial charge in [0.1, 0.15) is 29.4 Å². The van der Waals surface area contributed by atoms with Gasteiger partial charge in [0.15, 0.2) is 8.32 Å². The number of H-pyrrole nitrogens is 1. The second kappa shape index (κ2) is 14.9. The molecule has 10 heteroatoms. The van der Waals surface area contributed by atoms with Crippen LogP contribution in [0.2, 0.25) is 18.1 Å². The number of aryl methyl sites for hydroxylation is 1. The van der Waals surface area contributed by atoms with Gasteiger partial charge in [-0.25, -0.2) is 4.79 Å². The van der Waals surface area contributed by atoms with E-state index in [0.717, 1.165) is 28.2 Å². The lowest BCUT2D eigenvalue weighted by atomic mass is 9.79. The summed E-state index contributed by atoms with van der Waals surface area (Å²) < 4.78 is 34.1. The number of nitrogens with zero attached hydrogens (tertiary/aromatic N) is 1. The molecule has 0 amide bonds. The third kappa shape index (κ3) is 7.44. The fourth-order valence-corrected chi connectivity index (χ4v) is 7.64. The standard InChI is InChI=1S/C40H50N2O7Si/c1-10-14-33(36-34(49-50(8,9)39(3,4)5)25-35(47-36)42-26-27(2)37(43)41-38(42)44)48-40(28-15-12-11-13-16-28,29-17-21-31(45-6)22-18-29)30-19-23-32(46-7)24-20-30/h10-13,15-24,26,33-36H,1,14,25H2,2-9H3,(H,41,43,44)/t33-,34-,35+,36+/m0/s1. The van der Waals surface area contributed by atoms with Gasteiger partial charge < -0.3 is 23.4 Å². The van der Waals surface area contributed by atoms with Crippen LogP contribution in [0.25, 0.3) is 0 Å². The Balaban J connectivity index is 1.70. The predicted octanol–water partition coefficient (Wildman–Crippen LogP) is 7.49. The van der Waals surface area contributed by atoms with Gasteiger partial charge in [0.25, 0.3) is 5.56 Å². The zero-order valence-electron chi connectivity index (χ0n) is 30.4. The number of nitrogens with one attached hydrogen (secondary N) is 1. The first kappa shape index (κ1) is 37.0. The quantitative estimate of drug-likeness (QED) is 0.0877. The topological polar surface area (TPSA) is 101 Å². The number of aromatic amines is 1. The third-order valence-corrected chi connectivity index (χ3v) is 14.6. The molecule has 5 rings (SSSR count). The summed E-state index contributed by atoms with van der Waals surface area (Å²) in [5.74, 6) is 1.44. The Morgan fingerprint density at radius 2 is 1.46 bits per heavy atom. The van der Waals surface area contributed by atoms with Crippen molar-refractivity contribution in [3.63, 3.8) is 0 Å². The Bertz CT molecular complexity index is 1810. The minimum Gasteiger partial charge on any atom is -0.497 e. The Morgan fingerprint density at radius 1 is 0.920 bits per heavy atom. The van der Waals surface area contributed by atoms with Crippen molar-refractivity contribution in [2.24, 2.45) is 0 Å². The number of rotatable bonds is 13. The molecular formula is C40H50N2O7Si. The van der Waals surface area contributed by atoms with Crippen LogP contribution in [0.15, 0.2) is 107 Å². The van der Waals surface area contributed by atoms with E-state index < -0.39 is 49.7 Å². The first-order chi connectivity index (χ1) is 23.7. The summed E-state index contributed by atoms with van der Waals surface area (Å²) >= 11 is 0. The summed E-state index contributed by atoms with van der Waals surface area (Å²) in [5.41, 5.74) is 1.01. The Hall–Kier alpha value is -4.22. The first-order valence-corrected chi connectivity index (χ1v) is 19.9. The molecule has 1 aliphatic heterocycles. The maximum Gasteiger partial charge on any atom is 0.330 e. The fraction of sp³-hybridized carbons (Fsp3) is 0.400. The number of methoxy groups -OCH3 is 2. The third-order valence-electron chi connectivity index (χ3n) is 10.1. The maximum atomic E-state index is 13.1. The molecule has 0 unspecified atom stereocenters. The summed E-state index contributed by atoms with van der Waals surface area (Å²) in [4.78, 5) is 27.9. The number of hydrogen-bond acceptors (Lipinski definition) is 7. The van der Waals surface area contributed by atoms with Gasteiger partial charge in [0.2, 0.25) is 0 Å². The SMILES string of the molecule is C=CC[C@H](OC(c1ccccc1)(c1ccc(OC)cc1)c1ccc(OC)cc1)[C@H]1O[C@@H](n2cc(C)c(=O)[nH]c2=O)C[C@@H]1O[Si](C)(C)C(C)(C)C. The molecule has 1 saturated heterocycles.